The first-order valence-corrected chi connectivity index (χ1v) is 9.58. The predicted octanol–water partition coefficient (Wildman–Crippen LogP) is 1.18. The van der Waals surface area contributed by atoms with Gasteiger partial charge in [0.15, 0.2) is 9.84 Å². The van der Waals surface area contributed by atoms with Crippen LogP contribution in [-0.4, -0.2) is 61.3 Å². The van der Waals surface area contributed by atoms with Crippen molar-refractivity contribution in [2.45, 2.75) is 38.3 Å². The maximum absolute atomic E-state index is 12.6. The van der Waals surface area contributed by atoms with E-state index in [4.69, 9.17) is 9.26 Å². The largest absolute Gasteiger partial charge is 0.376 e. The second kappa shape index (κ2) is 6.48. The number of anilines is 1. The summed E-state index contributed by atoms with van der Waals surface area (Å²) in [4.78, 5) is 14.2. The highest BCUT2D eigenvalue weighted by atomic mass is 32.2. The first kappa shape index (κ1) is 16.3. The Morgan fingerprint density at radius 3 is 2.87 bits per heavy atom. The summed E-state index contributed by atoms with van der Waals surface area (Å²) in [5.41, 5.74) is 0.662. The number of hydrogen-bond acceptors (Lipinski definition) is 6. The number of carbonyl (C=O) groups is 1. The molecule has 0 radical (unpaired) electrons. The number of carbonyl (C=O) groups excluding carboxylic acids is 1. The van der Waals surface area contributed by atoms with Crippen LogP contribution in [0.15, 0.2) is 10.6 Å². The van der Waals surface area contributed by atoms with E-state index in [1.54, 1.807) is 17.9 Å². The standard InChI is InChI=1S/C14H21N3O5S/c1-10-7-13(22-16-10)15-14(18)17(8-12-3-2-5-21-12)11-4-6-23(19,20)9-11/h7,11-12H,2-6,8-9H2,1H3,(H,15,18). The van der Waals surface area contributed by atoms with Crippen LogP contribution in [-0.2, 0) is 14.6 Å². The molecule has 2 unspecified atom stereocenters. The Morgan fingerprint density at radius 1 is 1.48 bits per heavy atom. The van der Waals surface area contributed by atoms with Crippen LogP contribution in [0.3, 0.4) is 0 Å². The van der Waals surface area contributed by atoms with Crippen molar-refractivity contribution in [2.75, 3.05) is 30.0 Å². The minimum absolute atomic E-state index is 0.00255. The number of sulfone groups is 1. The van der Waals surface area contributed by atoms with Gasteiger partial charge in [0.2, 0.25) is 5.88 Å². The van der Waals surface area contributed by atoms with Crippen molar-refractivity contribution < 1.29 is 22.5 Å². The Morgan fingerprint density at radius 2 is 2.30 bits per heavy atom. The molecule has 2 aliphatic rings. The second-order valence-corrected chi connectivity index (χ2v) is 8.34. The van der Waals surface area contributed by atoms with Crippen LogP contribution in [0.2, 0.25) is 0 Å². The lowest BCUT2D eigenvalue weighted by Crippen LogP contribution is -2.47. The van der Waals surface area contributed by atoms with Crippen LogP contribution in [0.1, 0.15) is 25.0 Å². The Balaban J connectivity index is 1.72. The van der Waals surface area contributed by atoms with Crippen LogP contribution in [0, 0.1) is 6.92 Å². The van der Waals surface area contributed by atoms with Crippen molar-refractivity contribution in [1.29, 1.82) is 0 Å². The number of amides is 2. The van der Waals surface area contributed by atoms with E-state index in [1.165, 1.54) is 0 Å². The average molecular weight is 343 g/mol. The first-order chi connectivity index (χ1) is 10.9. The molecule has 3 rings (SSSR count). The molecule has 128 valence electrons. The van der Waals surface area contributed by atoms with Crippen LogP contribution < -0.4 is 5.32 Å². The number of rotatable bonds is 4. The van der Waals surface area contributed by atoms with Crippen molar-refractivity contribution >= 4 is 21.8 Å². The normalized spacial score (nSPS) is 26.3. The average Bonchev–Trinajstić information content (AvgIpc) is 3.18. The predicted molar refractivity (Wildman–Crippen MR) is 83.0 cm³/mol. The van der Waals surface area contributed by atoms with Crippen molar-refractivity contribution in [3.8, 4) is 0 Å². The summed E-state index contributed by atoms with van der Waals surface area (Å²) in [6.45, 7) is 2.83. The molecule has 0 saturated carbocycles. The molecule has 2 fully saturated rings. The third kappa shape index (κ3) is 4.03. The van der Waals surface area contributed by atoms with Gasteiger partial charge in [-0.15, -0.1) is 0 Å². The molecule has 0 spiro atoms. The van der Waals surface area contributed by atoms with Crippen molar-refractivity contribution in [3.63, 3.8) is 0 Å². The summed E-state index contributed by atoms with van der Waals surface area (Å²) < 4.78 is 34.1. The van der Waals surface area contributed by atoms with E-state index in [2.05, 4.69) is 10.5 Å². The monoisotopic (exact) mass is 343 g/mol. The molecule has 2 saturated heterocycles. The zero-order valence-corrected chi connectivity index (χ0v) is 13.8. The third-order valence-corrected chi connectivity index (χ3v) is 5.94. The fourth-order valence-corrected chi connectivity index (χ4v) is 4.76. The van der Waals surface area contributed by atoms with Gasteiger partial charge < -0.3 is 14.2 Å². The number of urea groups is 1. The van der Waals surface area contributed by atoms with Crippen molar-refractivity contribution in [1.82, 2.24) is 10.1 Å². The molecule has 23 heavy (non-hydrogen) atoms. The topological polar surface area (TPSA) is 102 Å². The van der Waals surface area contributed by atoms with Gasteiger partial charge in [0.1, 0.15) is 0 Å². The van der Waals surface area contributed by atoms with Gasteiger partial charge in [-0.3, -0.25) is 5.32 Å². The van der Waals surface area contributed by atoms with E-state index >= 15 is 0 Å². The van der Waals surface area contributed by atoms with Crippen LogP contribution in [0.25, 0.3) is 0 Å². The molecule has 0 bridgehead atoms. The van der Waals surface area contributed by atoms with Crippen molar-refractivity contribution in [2.24, 2.45) is 0 Å². The fourth-order valence-electron chi connectivity index (χ4n) is 3.03. The molecule has 1 N–H and O–H groups in total. The van der Waals surface area contributed by atoms with Gasteiger partial charge in [-0.05, 0) is 26.2 Å². The molecular weight excluding hydrogens is 322 g/mol. The SMILES string of the molecule is Cc1cc(NC(=O)N(CC2CCCO2)C2CCS(=O)(=O)C2)on1. The van der Waals surface area contributed by atoms with E-state index in [0.29, 0.717) is 25.3 Å². The van der Waals surface area contributed by atoms with E-state index < -0.39 is 9.84 Å². The summed E-state index contributed by atoms with van der Waals surface area (Å²) in [6.07, 6.45) is 2.26. The van der Waals surface area contributed by atoms with E-state index in [9.17, 15) is 13.2 Å². The highest BCUT2D eigenvalue weighted by Crippen LogP contribution is 2.22. The van der Waals surface area contributed by atoms with Gasteiger partial charge in [-0.1, -0.05) is 5.16 Å². The number of ether oxygens (including phenoxy) is 1. The lowest BCUT2D eigenvalue weighted by molar-refractivity contribution is 0.0749. The maximum atomic E-state index is 12.6. The second-order valence-electron chi connectivity index (χ2n) is 6.11. The summed E-state index contributed by atoms with van der Waals surface area (Å²) in [5, 5.41) is 6.37. The third-order valence-electron chi connectivity index (χ3n) is 4.19. The van der Waals surface area contributed by atoms with Gasteiger partial charge in [0, 0.05) is 25.3 Å². The molecule has 2 aliphatic heterocycles. The Hall–Kier alpha value is -1.61. The summed E-state index contributed by atoms with van der Waals surface area (Å²) in [5.74, 6) is 0.377. The number of nitrogens with zero attached hydrogens (tertiary/aromatic N) is 2. The lowest BCUT2D eigenvalue weighted by atomic mass is 10.2. The molecule has 3 heterocycles. The van der Waals surface area contributed by atoms with E-state index in [1.807, 2.05) is 0 Å². The van der Waals surface area contributed by atoms with E-state index in [-0.39, 0.29) is 35.6 Å². The van der Waals surface area contributed by atoms with Gasteiger partial charge in [-0.2, -0.15) is 0 Å². The fraction of sp³-hybridized carbons (Fsp3) is 0.714. The summed E-state index contributed by atoms with van der Waals surface area (Å²) >= 11 is 0. The molecule has 0 aliphatic carbocycles. The number of aromatic nitrogens is 1. The summed E-state index contributed by atoms with van der Waals surface area (Å²) in [6, 6.07) is 0.917. The van der Waals surface area contributed by atoms with Gasteiger partial charge >= 0.3 is 6.03 Å². The minimum atomic E-state index is -3.07. The Bertz CT molecular complexity index is 666. The van der Waals surface area contributed by atoms with Gasteiger partial charge in [0.25, 0.3) is 0 Å². The van der Waals surface area contributed by atoms with Crippen LogP contribution in [0.4, 0.5) is 10.7 Å². The Labute approximate surface area is 135 Å². The van der Waals surface area contributed by atoms with Gasteiger partial charge in [0.05, 0.1) is 23.3 Å². The highest BCUT2D eigenvalue weighted by molar-refractivity contribution is 7.91. The molecule has 9 heteroatoms. The molecule has 2 atom stereocenters. The molecular formula is C14H21N3O5S. The Kier molecular flexibility index (Phi) is 4.58. The molecule has 1 aromatic rings. The van der Waals surface area contributed by atoms with E-state index in [0.717, 1.165) is 12.8 Å². The number of hydrogen-bond donors (Lipinski definition) is 1. The highest BCUT2D eigenvalue weighted by Gasteiger charge is 2.36. The van der Waals surface area contributed by atoms with Crippen LogP contribution in [0.5, 0.6) is 0 Å². The zero-order chi connectivity index (χ0) is 16.4. The van der Waals surface area contributed by atoms with Crippen LogP contribution >= 0.6 is 0 Å². The first-order valence-electron chi connectivity index (χ1n) is 7.76. The minimum Gasteiger partial charge on any atom is -0.376 e. The van der Waals surface area contributed by atoms with Gasteiger partial charge in [-0.25, -0.2) is 13.2 Å². The molecule has 2 amide bonds. The smallest absolute Gasteiger partial charge is 0.324 e. The quantitative estimate of drug-likeness (QED) is 0.881. The molecule has 0 aromatic carbocycles. The number of nitrogens with one attached hydrogen (secondary N) is 1. The number of aryl methyl sites for hydroxylation is 1. The molecule has 1 aromatic heterocycles. The zero-order valence-electron chi connectivity index (χ0n) is 13.0. The summed E-state index contributed by atoms with van der Waals surface area (Å²) in [7, 11) is -3.07. The maximum Gasteiger partial charge on any atom is 0.324 e. The lowest BCUT2D eigenvalue weighted by Gasteiger charge is -2.30. The molecule has 8 nitrogen and oxygen atoms in total. The van der Waals surface area contributed by atoms with Crippen molar-refractivity contribution in [3.05, 3.63) is 11.8 Å².